The second-order valence-electron chi connectivity index (χ2n) is 5.47. The molecule has 0 fully saturated rings. The van der Waals surface area contributed by atoms with Gasteiger partial charge in [0.25, 0.3) is 5.91 Å². The molecule has 0 atom stereocenters. The zero-order valence-electron chi connectivity index (χ0n) is 14.2. The van der Waals surface area contributed by atoms with Gasteiger partial charge in [0.15, 0.2) is 0 Å². The molecule has 2 aromatic heterocycles. The standard InChI is InChI=1S/C19H18N2O4S/c1-24-14-6-4-13(5-7-14)16-10-8-15(25-16)9-11-18(22)20-21-19(23)17-3-2-12-26-17/h2-8,10,12H,9,11H2,1H3,(H,20,22)(H,21,23). The molecule has 0 saturated carbocycles. The molecule has 2 N–H and O–H groups in total. The molecule has 0 radical (unpaired) electrons. The van der Waals surface area contributed by atoms with Crippen molar-refractivity contribution in [2.75, 3.05) is 7.11 Å². The summed E-state index contributed by atoms with van der Waals surface area (Å²) < 4.78 is 10.9. The summed E-state index contributed by atoms with van der Waals surface area (Å²) in [6.07, 6.45) is 0.650. The number of rotatable bonds is 6. The summed E-state index contributed by atoms with van der Waals surface area (Å²) in [5.74, 6) is 1.61. The third-order valence-electron chi connectivity index (χ3n) is 3.70. The fraction of sp³-hybridized carbons (Fsp3) is 0.158. The number of thiophene rings is 1. The first-order chi connectivity index (χ1) is 12.7. The van der Waals surface area contributed by atoms with Crippen molar-refractivity contribution in [3.8, 4) is 17.1 Å². The highest BCUT2D eigenvalue weighted by Gasteiger charge is 2.10. The quantitative estimate of drug-likeness (QED) is 0.652. The molecule has 3 aromatic rings. The molecular formula is C19H18N2O4S. The second-order valence-corrected chi connectivity index (χ2v) is 6.42. The molecule has 1 aromatic carbocycles. The fourth-order valence-electron chi connectivity index (χ4n) is 2.32. The molecule has 0 aliphatic heterocycles. The minimum atomic E-state index is -0.326. The molecule has 2 heterocycles. The minimum Gasteiger partial charge on any atom is -0.497 e. The van der Waals surface area contributed by atoms with Crippen LogP contribution in [-0.4, -0.2) is 18.9 Å². The summed E-state index contributed by atoms with van der Waals surface area (Å²) in [6.45, 7) is 0. The summed E-state index contributed by atoms with van der Waals surface area (Å²) in [6, 6.07) is 14.7. The average molecular weight is 370 g/mol. The van der Waals surface area contributed by atoms with Crippen LogP contribution in [0.5, 0.6) is 5.75 Å². The van der Waals surface area contributed by atoms with Gasteiger partial charge in [0.2, 0.25) is 5.91 Å². The number of hydrogen-bond acceptors (Lipinski definition) is 5. The molecule has 0 bridgehead atoms. The molecule has 0 aliphatic rings. The van der Waals surface area contributed by atoms with E-state index in [1.165, 1.54) is 11.3 Å². The largest absolute Gasteiger partial charge is 0.497 e. The number of amides is 2. The highest BCUT2D eigenvalue weighted by Crippen LogP contribution is 2.24. The lowest BCUT2D eigenvalue weighted by atomic mass is 10.2. The zero-order chi connectivity index (χ0) is 18.4. The fourth-order valence-corrected chi connectivity index (χ4v) is 2.94. The number of furan rings is 1. The van der Waals surface area contributed by atoms with E-state index in [9.17, 15) is 9.59 Å². The monoisotopic (exact) mass is 370 g/mol. The van der Waals surface area contributed by atoms with Crippen molar-refractivity contribution < 1.29 is 18.7 Å². The van der Waals surface area contributed by atoms with Crippen LogP contribution in [0.25, 0.3) is 11.3 Å². The van der Waals surface area contributed by atoms with Crippen molar-refractivity contribution in [1.29, 1.82) is 0 Å². The molecule has 2 amide bonds. The van der Waals surface area contributed by atoms with E-state index in [0.29, 0.717) is 17.1 Å². The van der Waals surface area contributed by atoms with Gasteiger partial charge < -0.3 is 9.15 Å². The summed E-state index contributed by atoms with van der Waals surface area (Å²) in [5, 5.41) is 1.80. The van der Waals surface area contributed by atoms with Crippen LogP contribution < -0.4 is 15.6 Å². The van der Waals surface area contributed by atoms with E-state index in [1.54, 1.807) is 24.6 Å². The molecule has 0 unspecified atom stereocenters. The van der Waals surface area contributed by atoms with Crippen molar-refractivity contribution in [2.45, 2.75) is 12.8 Å². The van der Waals surface area contributed by atoms with Gasteiger partial charge in [0.1, 0.15) is 17.3 Å². The topological polar surface area (TPSA) is 80.6 Å². The van der Waals surface area contributed by atoms with Gasteiger partial charge in [0, 0.05) is 18.4 Å². The van der Waals surface area contributed by atoms with Crippen LogP contribution in [0, 0.1) is 0 Å². The first kappa shape index (κ1) is 17.8. The SMILES string of the molecule is COc1ccc(-c2ccc(CCC(=O)NNC(=O)c3cccs3)o2)cc1. The molecular weight excluding hydrogens is 352 g/mol. The maximum atomic E-state index is 11.9. The summed E-state index contributed by atoms with van der Waals surface area (Å²) in [7, 11) is 1.62. The van der Waals surface area contributed by atoms with Gasteiger partial charge in [-0.2, -0.15) is 0 Å². The van der Waals surface area contributed by atoms with E-state index in [0.717, 1.165) is 17.1 Å². The van der Waals surface area contributed by atoms with Gasteiger partial charge in [0.05, 0.1) is 12.0 Å². The lowest BCUT2D eigenvalue weighted by Gasteiger charge is -2.05. The van der Waals surface area contributed by atoms with Crippen LogP contribution in [0.3, 0.4) is 0 Å². The van der Waals surface area contributed by atoms with Crippen LogP contribution in [0.15, 0.2) is 58.3 Å². The predicted molar refractivity (Wildman–Crippen MR) is 98.9 cm³/mol. The van der Waals surface area contributed by atoms with Crippen LogP contribution in [0.4, 0.5) is 0 Å². The lowest BCUT2D eigenvalue weighted by Crippen LogP contribution is -2.41. The number of hydrogen-bond donors (Lipinski definition) is 2. The van der Waals surface area contributed by atoms with Gasteiger partial charge in [-0.15, -0.1) is 11.3 Å². The Labute approximate surface area is 154 Å². The Hall–Kier alpha value is -3.06. The molecule has 7 heteroatoms. The molecule has 26 heavy (non-hydrogen) atoms. The molecule has 0 aliphatic carbocycles. The van der Waals surface area contributed by atoms with Gasteiger partial charge in [-0.3, -0.25) is 20.4 Å². The number of hydrazine groups is 1. The van der Waals surface area contributed by atoms with Crippen molar-refractivity contribution in [2.24, 2.45) is 0 Å². The molecule has 0 saturated heterocycles. The van der Waals surface area contributed by atoms with E-state index in [2.05, 4.69) is 10.9 Å². The minimum absolute atomic E-state index is 0.209. The number of ether oxygens (including phenoxy) is 1. The maximum Gasteiger partial charge on any atom is 0.279 e. The molecule has 3 rings (SSSR count). The number of benzene rings is 1. The van der Waals surface area contributed by atoms with E-state index in [4.69, 9.17) is 9.15 Å². The maximum absolute atomic E-state index is 11.9. The highest BCUT2D eigenvalue weighted by atomic mass is 32.1. The number of carbonyl (C=O) groups is 2. The molecule has 0 spiro atoms. The summed E-state index contributed by atoms with van der Waals surface area (Å²) >= 11 is 1.31. The van der Waals surface area contributed by atoms with Crippen molar-refractivity contribution in [3.63, 3.8) is 0 Å². The van der Waals surface area contributed by atoms with Crippen LogP contribution in [0.1, 0.15) is 21.9 Å². The van der Waals surface area contributed by atoms with Crippen molar-refractivity contribution in [1.82, 2.24) is 10.9 Å². The van der Waals surface area contributed by atoms with Crippen molar-refractivity contribution >= 4 is 23.2 Å². The summed E-state index contributed by atoms with van der Waals surface area (Å²) in [4.78, 5) is 24.1. The Morgan fingerprint density at radius 1 is 1.08 bits per heavy atom. The zero-order valence-corrected chi connectivity index (χ0v) is 15.0. The Bertz CT molecular complexity index is 869. The highest BCUT2D eigenvalue weighted by molar-refractivity contribution is 7.12. The normalized spacial score (nSPS) is 10.3. The molecule has 6 nitrogen and oxygen atoms in total. The predicted octanol–water partition coefficient (Wildman–Crippen LogP) is 3.41. The third kappa shape index (κ3) is 4.52. The van der Waals surface area contributed by atoms with Crippen LogP contribution in [0.2, 0.25) is 0 Å². The molecule has 134 valence electrons. The Morgan fingerprint density at radius 3 is 2.58 bits per heavy atom. The Kier molecular flexibility index (Phi) is 5.70. The van der Waals surface area contributed by atoms with Crippen LogP contribution >= 0.6 is 11.3 Å². The van der Waals surface area contributed by atoms with Crippen molar-refractivity contribution in [3.05, 3.63) is 64.5 Å². The Balaban J connectivity index is 1.48. The Morgan fingerprint density at radius 2 is 1.88 bits per heavy atom. The van der Waals surface area contributed by atoms with Gasteiger partial charge in [-0.05, 0) is 47.8 Å². The first-order valence-corrected chi connectivity index (χ1v) is 8.89. The van der Waals surface area contributed by atoms with E-state index >= 15 is 0 Å². The van der Waals surface area contributed by atoms with Gasteiger partial charge in [-0.25, -0.2) is 0 Å². The van der Waals surface area contributed by atoms with E-state index in [-0.39, 0.29) is 18.2 Å². The van der Waals surface area contributed by atoms with Gasteiger partial charge >= 0.3 is 0 Å². The van der Waals surface area contributed by atoms with E-state index in [1.807, 2.05) is 36.4 Å². The number of aryl methyl sites for hydroxylation is 1. The van der Waals surface area contributed by atoms with E-state index < -0.39 is 0 Å². The smallest absolute Gasteiger partial charge is 0.279 e. The average Bonchev–Trinajstić information content (AvgIpc) is 3.36. The first-order valence-electron chi connectivity index (χ1n) is 8.01. The number of nitrogens with one attached hydrogen (secondary N) is 2. The lowest BCUT2D eigenvalue weighted by molar-refractivity contribution is -0.121. The number of carbonyl (C=O) groups excluding carboxylic acids is 2. The number of methoxy groups -OCH3 is 1. The van der Waals surface area contributed by atoms with Crippen LogP contribution in [-0.2, 0) is 11.2 Å². The third-order valence-corrected chi connectivity index (χ3v) is 4.56. The second kappa shape index (κ2) is 8.35. The summed E-state index contributed by atoms with van der Waals surface area (Å²) in [5.41, 5.74) is 5.73. The van der Waals surface area contributed by atoms with Gasteiger partial charge in [-0.1, -0.05) is 6.07 Å².